The van der Waals surface area contributed by atoms with Gasteiger partial charge in [0.05, 0.1) is 22.0 Å². The van der Waals surface area contributed by atoms with Crippen LogP contribution in [0.2, 0.25) is 10.0 Å². The van der Waals surface area contributed by atoms with Crippen LogP contribution in [0, 0.1) is 11.6 Å². The van der Waals surface area contributed by atoms with Crippen LogP contribution in [-0.4, -0.2) is 50.5 Å². The first-order valence-corrected chi connectivity index (χ1v) is 12.4. The van der Waals surface area contributed by atoms with Crippen molar-refractivity contribution in [3.05, 3.63) is 63.6 Å². The molecule has 180 valence electrons. The molecule has 0 aliphatic heterocycles. The van der Waals surface area contributed by atoms with Crippen molar-refractivity contribution in [1.82, 2.24) is 10.2 Å². The molecule has 0 saturated heterocycles. The third-order valence-corrected chi connectivity index (χ3v) is 6.61. The maximum atomic E-state index is 13.7. The van der Waals surface area contributed by atoms with E-state index in [1.54, 1.807) is 13.0 Å². The van der Waals surface area contributed by atoms with Crippen molar-refractivity contribution < 1.29 is 26.8 Å². The van der Waals surface area contributed by atoms with E-state index in [2.05, 4.69) is 5.32 Å². The molecule has 2 aromatic rings. The number of nitrogens with zero attached hydrogens (tertiary/aromatic N) is 2. The van der Waals surface area contributed by atoms with Crippen LogP contribution in [0.4, 0.5) is 14.5 Å². The van der Waals surface area contributed by atoms with E-state index in [0.29, 0.717) is 27.5 Å². The Morgan fingerprint density at radius 2 is 1.73 bits per heavy atom. The van der Waals surface area contributed by atoms with E-state index in [4.69, 9.17) is 23.2 Å². The Hall–Kier alpha value is -2.43. The minimum atomic E-state index is -4.06. The fraction of sp³-hybridized carbons (Fsp3) is 0.333. The minimum Gasteiger partial charge on any atom is -0.355 e. The average molecular weight is 522 g/mol. The van der Waals surface area contributed by atoms with Crippen molar-refractivity contribution in [1.29, 1.82) is 0 Å². The van der Waals surface area contributed by atoms with Gasteiger partial charge in [-0.3, -0.25) is 13.9 Å². The highest BCUT2D eigenvalue weighted by Crippen LogP contribution is 2.25. The quantitative estimate of drug-likeness (QED) is 0.546. The molecule has 0 radical (unpaired) electrons. The summed E-state index contributed by atoms with van der Waals surface area (Å²) >= 11 is 12.0. The maximum absolute atomic E-state index is 13.7. The van der Waals surface area contributed by atoms with Crippen molar-refractivity contribution >= 4 is 50.7 Å². The Labute approximate surface area is 201 Å². The Morgan fingerprint density at radius 1 is 1.06 bits per heavy atom. The van der Waals surface area contributed by atoms with Crippen LogP contribution >= 0.6 is 23.2 Å². The second-order valence-electron chi connectivity index (χ2n) is 7.21. The van der Waals surface area contributed by atoms with E-state index in [-0.39, 0.29) is 17.3 Å². The standard InChI is InChI=1S/C21H23Cl2F2N3O4S/c1-4-26-21(30)13(2)27(11-14-5-7-16(22)17(23)9-14)20(29)12-28(33(3,31)32)15-6-8-18(24)19(25)10-15/h5-10,13H,4,11-12H2,1-3H3,(H,26,30)/t13-/m0/s1. The van der Waals surface area contributed by atoms with Gasteiger partial charge in [0.1, 0.15) is 12.6 Å². The summed E-state index contributed by atoms with van der Waals surface area (Å²) in [4.78, 5) is 26.9. The first kappa shape index (κ1) is 26.8. The molecule has 1 atom stereocenters. The van der Waals surface area contributed by atoms with Gasteiger partial charge in [0.2, 0.25) is 21.8 Å². The van der Waals surface area contributed by atoms with E-state index >= 15 is 0 Å². The van der Waals surface area contributed by atoms with Crippen molar-refractivity contribution in [2.24, 2.45) is 0 Å². The Kier molecular flexibility index (Phi) is 9.04. The molecule has 1 N–H and O–H groups in total. The zero-order valence-corrected chi connectivity index (χ0v) is 20.4. The second kappa shape index (κ2) is 11.1. The summed E-state index contributed by atoms with van der Waals surface area (Å²) < 4.78 is 52.4. The molecule has 2 rings (SSSR count). The molecule has 0 aromatic heterocycles. The number of anilines is 1. The summed E-state index contributed by atoms with van der Waals surface area (Å²) in [6.07, 6.45) is 0.831. The highest BCUT2D eigenvalue weighted by atomic mass is 35.5. The van der Waals surface area contributed by atoms with Crippen LogP contribution < -0.4 is 9.62 Å². The first-order valence-electron chi connectivity index (χ1n) is 9.79. The summed E-state index contributed by atoms with van der Waals surface area (Å²) in [5, 5.41) is 3.16. The van der Waals surface area contributed by atoms with Crippen LogP contribution in [0.3, 0.4) is 0 Å². The zero-order valence-electron chi connectivity index (χ0n) is 18.1. The molecular formula is C21H23Cl2F2N3O4S. The number of carbonyl (C=O) groups is 2. The lowest BCUT2D eigenvalue weighted by atomic mass is 10.1. The summed E-state index contributed by atoms with van der Waals surface area (Å²) in [7, 11) is -4.06. The average Bonchev–Trinajstić information content (AvgIpc) is 2.73. The maximum Gasteiger partial charge on any atom is 0.244 e. The van der Waals surface area contributed by atoms with Crippen LogP contribution in [0.25, 0.3) is 0 Å². The summed E-state index contributed by atoms with van der Waals surface area (Å²) in [6.45, 7) is 2.70. The van der Waals surface area contributed by atoms with E-state index in [1.165, 1.54) is 24.0 Å². The zero-order chi connectivity index (χ0) is 24.9. The topological polar surface area (TPSA) is 86.8 Å². The molecule has 0 unspecified atom stereocenters. The number of amides is 2. The number of hydrogen-bond acceptors (Lipinski definition) is 4. The molecule has 2 aromatic carbocycles. The van der Waals surface area contributed by atoms with Gasteiger partial charge in [-0.1, -0.05) is 29.3 Å². The van der Waals surface area contributed by atoms with Gasteiger partial charge in [-0.15, -0.1) is 0 Å². The van der Waals surface area contributed by atoms with Crippen LogP contribution in [0.1, 0.15) is 19.4 Å². The van der Waals surface area contributed by atoms with Gasteiger partial charge in [0, 0.05) is 19.2 Å². The summed E-state index contributed by atoms with van der Waals surface area (Å²) in [5.74, 6) is -3.62. The highest BCUT2D eigenvalue weighted by molar-refractivity contribution is 7.92. The molecule has 7 nitrogen and oxygen atoms in total. The van der Waals surface area contributed by atoms with Crippen molar-refractivity contribution in [3.63, 3.8) is 0 Å². The van der Waals surface area contributed by atoms with Gasteiger partial charge in [-0.05, 0) is 43.7 Å². The molecule has 0 fully saturated rings. The SMILES string of the molecule is CCNC(=O)[C@H](C)N(Cc1ccc(Cl)c(Cl)c1)C(=O)CN(c1ccc(F)c(F)c1)S(C)(=O)=O. The van der Waals surface area contributed by atoms with E-state index in [9.17, 15) is 26.8 Å². The van der Waals surface area contributed by atoms with Crippen LogP contribution in [0.15, 0.2) is 36.4 Å². The molecule has 0 heterocycles. The van der Waals surface area contributed by atoms with Crippen LogP contribution in [-0.2, 0) is 26.2 Å². The van der Waals surface area contributed by atoms with Gasteiger partial charge in [-0.2, -0.15) is 0 Å². The Bertz CT molecular complexity index is 1150. The van der Waals surface area contributed by atoms with Gasteiger partial charge in [-0.25, -0.2) is 17.2 Å². The Morgan fingerprint density at radius 3 is 2.27 bits per heavy atom. The first-order chi connectivity index (χ1) is 15.3. The third-order valence-electron chi connectivity index (χ3n) is 4.73. The van der Waals surface area contributed by atoms with Crippen LogP contribution in [0.5, 0.6) is 0 Å². The highest BCUT2D eigenvalue weighted by Gasteiger charge is 2.30. The van der Waals surface area contributed by atoms with Gasteiger partial charge < -0.3 is 10.2 Å². The summed E-state index contributed by atoms with van der Waals surface area (Å²) in [6, 6.07) is 6.18. The molecule has 0 spiro atoms. The van der Waals surface area contributed by atoms with E-state index in [1.807, 2.05) is 0 Å². The number of nitrogens with one attached hydrogen (secondary N) is 1. The molecule has 33 heavy (non-hydrogen) atoms. The fourth-order valence-electron chi connectivity index (χ4n) is 2.99. The molecule has 12 heteroatoms. The molecule has 2 amide bonds. The van der Waals surface area contributed by atoms with E-state index < -0.39 is 46.1 Å². The molecular weight excluding hydrogens is 499 g/mol. The number of hydrogen-bond donors (Lipinski definition) is 1. The number of likely N-dealkylation sites (N-methyl/N-ethyl adjacent to an activating group) is 1. The van der Waals surface area contributed by atoms with Gasteiger partial charge in [0.25, 0.3) is 0 Å². The van der Waals surface area contributed by atoms with Gasteiger partial charge in [0.15, 0.2) is 11.6 Å². The lowest BCUT2D eigenvalue weighted by Crippen LogP contribution is -2.51. The largest absolute Gasteiger partial charge is 0.355 e. The van der Waals surface area contributed by atoms with Crippen molar-refractivity contribution in [3.8, 4) is 0 Å². The number of halogens is 4. The third kappa shape index (κ3) is 7.02. The second-order valence-corrected chi connectivity index (χ2v) is 9.93. The smallest absolute Gasteiger partial charge is 0.244 e. The van der Waals surface area contributed by atoms with Gasteiger partial charge >= 0.3 is 0 Å². The van der Waals surface area contributed by atoms with Crippen molar-refractivity contribution in [2.75, 3.05) is 23.7 Å². The van der Waals surface area contributed by atoms with Crippen molar-refractivity contribution in [2.45, 2.75) is 26.4 Å². The minimum absolute atomic E-state index is 0.0800. The normalized spacial score (nSPS) is 12.2. The van der Waals surface area contributed by atoms with E-state index in [0.717, 1.165) is 18.4 Å². The lowest BCUT2D eigenvalue weighted by Gasteiger charge is -2.31. The fourth-order valence-corrected chi connectivity index (χ4v) is 4.16. The predicted molar refractivity (Wildman–Crippen MR) is 124 cm³/mol. The Balaban J connectivity index is 2.42. The molecule has 0 aliphatic rings. The number of carbonyl (C=O) groups excluding carboxylic acids is 2. The number of sulfonamides is 1. The monoisotopic (exact) mass is 521 g/mol. The molecule has 0 aliphatic carbocycles. The predicted octanol–water partition coefficient (Wildman–Crippen LogP) is 3.59. The molecule has 0 saturated carbocycles. The lowest BCUT2D eigenvalue weighted by molar-refractivity contribution is -0.139. The summed E-state index contributed by atoms with van der Waals surface area (Å²) in [5.41, 5.74) is 0.317. The molecule has 0 bridgehead atoms. The number of rotatable bonds is 9. The number of benzene rings is 2.